The molecule has 1 aliphatic heterocycles. The molecule has 0 saturated heterocycles. The van der Waals surface area contributed by atoms with E-state index in [1.807, 2.05) is 37.3 Å². The van der Waals surface area contributed by atoms with Crippen molar-refractivity contribution < 1.29 is 0 Å². The first kappa shape index (κ1) is 18.0. The van der Waals surface area contributed by atoms with E-state index in [2.05, 4.69) is 54.1 Å². The van der Waals surface area contributed by atoms with Crippen molar-refractivity contribution >= 4 is 12.9 Å². The lowest BCUT2D eigenvalue weighted by atomic mass is 9.77. The molecule has 2 bridgehead atoms. The molecule has 1 heterocycles. The third kappa shape index (κ3) is 3.28. The fourth-order valence-electron chi connectivity index (χ4n) is 3.52. The van der Waals surface area contributed by atoms with Crippen LogP contribution in [0.4, 0.5) is 0 Å². The van der Waals surface area contributed by atoms with Crippen LogP contribution in [0.5, 0.6) is 0 Å². The van der Waals surface area contributed by atoms with Crippen LogP contribution in [0.2, 0.25) is 0 Å². The van der Waals surface area contributed by atoms with Crippen molar-refractivity contribution in [3.05, 3.63) is 60.3 Å². The maximum absolute atomic E-state index is 4.57. The van der Waals surface area contributed by atoms with Crippen molar-refractivity contribution in [3.8, 4) is 0 Å². The lowest BCUT2D eigenvalue weighted by Crippen LogP contribution is -2.42. The molecule has 0 aromatic carbocycles. The van der Waals surface area contributed by atoms with Gasteiger partial charge >= 0.3 is 0 Å². The van der Waals surface area contributed by atoms with Crippen LogP contribution >= 0.6 is 0 Å². The number of nitrogens with zero attached hydrogens (tertiary/aromatic N) is 4. The van der Waals surface area contributed by atoms with E-state index >= 15 is 0 Å². The van der Waals surface area contributed by atoms with Gasteiger partial charge in [0.05, 0.1) is 5.70 Å². The number of allylic oxidation sites excluding steroid dienone is 5. The second-order valence-electron chi connectivity index (χ2n) is 6.00. The van der Waals surface area contributed by atoms with Gasteiger partial charge in [-0.2, -0.15) is 5.10 Å². The zero-order chi connectivity index (χ0) is 17.7. The smallest absolute Gasteiger partial charge is 0.151 e. The summed E-state index contributed by atoms with van der Waals surface area (Å²) in [5.74, 6) is 1.38. The predicted molar refractivity (Wildman–Crippen MR) is 104 cm³/mol. The molecular formula is C20H28N4. The van der Waals surface area contributed by atoms with Crippen molar-refractivity contribution in [3.63, 3.8) is 0 Å². The van der Waals surface area contributed by atoms with E-state index in [1.165, 1.54) is 11.1 Å². The molecule has 0 radical (unpaired) electrons. The van der Waals surface area contributed by atoms with Gasteiger partial charge in [-0.25, -0.2) is 0 Å². The Hall–Kier alpha value is -2.36. The van der Waals surface area contributed by atoms with Gasteiger partial charge in [-0.3, -0.25) is 10.0 Å². The number of hydrazone groups is 1. The quantitative estimate of drug-likeness (QED) is 0.511. The van der Waals surface area contributed by atoms with Gasteiger partial charge < -0.3 is 4.90 Å². The van der Waals surface area contributed by atoms with Crippen LogP contribution in [-0.4, -0.2) is 35.9 Å². The van der Waals surface area contributed by atoms with Crippen molar-refractivity contribution in [2.24, 2.45) is 16.0 Å². The summed E-state index contributed by atoms with van der Waals surface area (Å²) in [6.45, 7) is 15.7. The van der Waals surface area contributed by atoms with Gasteiger partial charge in [-0.05, 0) is 37.3 Å². The third-order valence-corrected chi connectivity index (χ3v) is 4.73. The zero-order valence-corrected chi connectivity index (χ0v) is 15.1. The molecule has 0 spiro atoms. The van der Waals surface area contributed by atoms with Crippen LogP contribution in [-0.2, 0) is 0 Å². The standard InChI is InChI=1S/C20H28N4/c1-7-15-11-12-17-13-18(15)16(8-2)14-24(17)20(23(6)21-5)19(9-3)22-10-4/h7-8,10-11,14,17-18H,1-2,5,9,12-13H2,3-4,6H3/b20-19-,22-10-. The molecule has 0 aromatic heterocycles. The molecular weight excluding hydrogens is 296 g/mol. The minimum atomic E-state index is 0.384. The maximum Gasteiger partial charge on any atom is 0.151 e. The van der Waals surface area contributed by atoms with E-state index in [9.17, 15) is 0 Å². The van der Waals surface area contributed by atoms with Crippen LogP contribution in [0, 0.1) is 5.92 Å². The van der Waals surface area contributed by atoms with Gasteiger partial charge in [-0.15, -0.1) is 0 Å². The SMILES string of the molecule is C=CC1=CCC2CC1C(C=C)=CN2/C(=C(CC)\N=C/C)N(C)N=C. The monoisotopic (exact) mass is 324 g/mol. The Kier molecular flexibility index (Phi) is 5.96. The van der Waals surface area contributed by atoms with Gasteiger partial charge in [0.15, 0.2) is 5.82 Å². The lowest BCUT2D eigenvalue weighted by molar-refractivity contribution is 0.200. The van der Waals surface area contributed by atoms with Gasteiger partial charge in [0.2, 0.25) is 0 Å². The average molecular weight is 324 g/mol. The van der Waals surface area contributed by atoms with Crippen LogP contribution in [0.25, 0.3) is 0 Å². The zero-order valence-electron chi connectivity index (χ0n) is 15.1. The Morgan fingerprint density at radius 3 is 2.62 bits per heavy atom. The fourth-order valence-corrected chi connectivity index (χ4v) is 3.52. The summed E-state index contributed by atoms with van der Waals surface area (Å²) in [5.41, 5.74) is 3.52. The van der Waals surface area contributed by atoms with E-state index in [1.54, 1.807) is 0 Å². The Bertz CT molecular complexity index is 636. The number of aliphatic imine (C=N–C) groups is 1. The topological polar surface area (TPSA) is 31.2 Å². The third-order valence-electron chi connectivity index (χ3n) is 4.73. The molecule has 2 atom stereocenters. The molecule has 128 valence electrons. The number of hydrogen-bond acceptors (Lipinski definition) is 4. The summed E-state index contributed by atoms with van der Waals surface area (Å²) in [4.78, 5) is 6.87. The minimum Gasteiger partial charge on any atom is -0.328 e. The molecule has 2 unspecified atom stereocenters. The van der Waals surface area contributed by atoms with Crippen molar-refractivity contribution in [2.75, 3.05) is 7.05 Å². The lowest BCUT2D eigenvalue weighted by Gasteiger charge is -2.44. The molecule has 4 nitrogen and oxygen atoms in total. The predicted octanol–water partition coefficient (Wildman–Crippen LogP) is 4.48. The molecule has 24 heavy (non-hydrogen) atoms. The van der Waals surface area contributed by atoms with E-state index in [-0.39, 0.29) is 0 Å². The highest BCUT2D eigenvalue weighted by molar-refractivity contribution is 5.55. The fraction of sp³-hybridized carbons (Fsp3) is 0.400. The summed E-state index contributed by atoms with van der Waals surface area (Å²) < 4.78 is 0. The first-order valence-corrected chi connectivity index (χ1v) is 8.48. The number of fused-ring (bicyclic) bond motifs is 2. The van der Waals surface area contributed by atoms with E-state index < -0.39 is 0 Å². The van der Waals surface area contributed by atoms with Gasteiger partial charge in [-0.1, -0.05) is 38.3 Å². The molecule has 4 heteroatoms. The van der Waals surface area contributed by atoms with Crippen LogP contribution < -0.4 is 0 Å². The van der Waals surface area contributed by atoms with Gasteiger partial charge in [0, 0.05) is 38.1 Å². The molecule has 2 rings (SSSR count). The van der Waals surface area contributed by atoms with Crippen molar-refractivity contribution in [1.82, 2.24) is 9.91 Å². The van der Waals surface area contributed by atoms with Crippen molar-refractivity contribution in [2.45, 2.75) is 39.2 Å². The molecule has 0 N–H and O–H groups in total. The van der Waals surface area contributed by atoms with E-state index in [4.69, 9.17) is 0 Å². The molecule has 1 aliphatic carbocycles. The first-order chi connectivity index (χ1) is 11.6. The van der Waals surface area contributed by atoms with E-state index in [0.29, 0.717) is 12.0 Å². The Labute approximate surface area is 145 Å². The summed E-state index contributed by atoms with van der Waals surface area (Å²) in [6.07, 6.45) is 13.1. The first-order valence-electron chi connectivity index (χ1n) is 8.48. The molecule has 0 fully saturated rings. The van der Waals surface area contributed by atoms with Crippen LogP contribution in [0.1, 0.15) is 33.1 Å². The Balaban J connectivity index is 2.56. The second kappa shape index (κ2) is 7.95. The molecule has 2 aliphatic rings. The number of hydrogen-bond donors (Lipinski definition) is 0. The highest BCUT2D eigenvalue weighted by atomic mass is 15.5. The number of rotatable bonds is 7. The second-order valence-corrected chi connectivity index (χ2v) is 6.00. The molecule has 0 aromatic rings. The average Bonchev–Trinajstić information content (AvgIpc) is 2.62. The van der Waals surface area contributed by atoms with Crippen molar-refractivity contribution in [1.29, 1.82) is 0 Å². The van der Waals surface area contributed by atoms with Gasteiger partial charge in [0.1, 0.15) is 0 Å². The van der Waals surface area contributed by atoms with Crippen LogP contribution in [0.3, 0.4) is 0 Å². The highest BCUT2D eigenvalue weighted by Crippen LogP contribution is 2.41. The highest BCUT2D eigenvalue weighted by Gasteiger charge is 2.35. The summed E-state index contributed by atoms with van der Waals surface area (Å²) in [7, 11) is 1.92. The molecule has 0 amide bonds. The summed E-state index contributed by atoms with van der Waals surface area (Å²) in [6, 6.07) is 0.384. The maximum atomic E-state index is 4.57. The minimum absolute atomic E-state index is 0.384. The normalized spacial score (nSPS) is 24.0. The Morgan fingerprint density at radius 1 is 1.38 bits per heavy atom. The summed E-state index contributed by atoms with van der Waals surface area (Å²) >= 11 is 0. The Morgan fingerprint density at radius 2 is 2.08 bits per heavy atom. The summed E-state index contributed by atoms with van der Waals surface area (Å²) in [5, 5.41) is 5.94. The largest absolute Gasteiger partial charge is 0.328 e. The van der Waals surface area contributed by atoms with Crippen LogP contribution in [0.15, 0.2) is 70.3 Å². The van der Waals surface area contributed by atoms with E-state index in [0.717, 1.165) is 30.8 Å². The molecule has 0 saturated carbocycles. The van der Waals surface area contributed by atoms with Gasteiger partial charge in [0.25, 0.3) is 0 Å².